The van der Waals surface area contributed by atoms with Crippen LogP contribution in [0.1, 0.15) is 25.7 Å². The van der Waals surface area contributed by atoms with Crippen molar-refractivity contribution in [3.8, 4) is 0 Å². The second kappa shape index (κ2) is 5.78. The highest BCUT2D eigenvalue weighted by Crippen LogP contribution is 2.34. The zero-order valence-electron chi connectivity index (χ0n) is 11.6. The molecule has 1 aliphatic carbocycles. The van der Waals surface area contributed by atoms with Crippen LogP contribution in [0.3, 0.4) is 0 Å². The molecule has 2 unspecified atom stereocenters. The molecule has 0 spiro atoms. The minimum Gasteiger partial charge on any atom is -0.398 e. The summed E-state index contributed by atoms with van der Waals surface area (Å²) in [4.78, 5) is -0.00542. The second-order valence-corrected chi connectivity index (χ2v) is 10.4. The summed E-state index contributed by atoms with van der Waals surface area (Å²) < 4.78 is 48.8. The smallest absolute Gasteiger partial charge is 0.183 e. The third kappa shape index (κ3) is 3.52. The lowest BCUT2D eigenvalue weighted by Gasteiger charge is -2.28. The van der Waals surface area contributed by atoms with E-state index in [4.69, 9.17) is 17.3 Å². The van der Waals surface area contributed by atoms with Crippen LogP contribution in [-0.4, -0.2) is 33.6 Å². The highest BCUT2D eigenvalue weighted by molar-refractivity contribution is 7.92. The molecule has 0 aliphatic heterocycles. The van der Waals surface area contributed by atoms with Crippen LogP contribution in [0.4, 0.5) is 5.69 Å². The molecule has 1 aliphatic rings. The summed E-state index contributed by atoms with van der Waals surface area (Å²) in [5.74, 6) is 0. The van der Waals surface area contributed by atoms with Crippen LogP contribution in [0.15, 0.2) is 23.1 Å². The number of hydrogen-bond acceptors (Lipinski definition) is 5. The number of sulfone groups is 2. The first-order chi connectivity index (χ1) is 9.62. The first kappa shape index (κ1) is 16.6. The molecule has 8 heteroatoms. The minimum atomic E-state index is -3.68. The van der Waals surface area contributed by atoms with E-state index in [0.29, 0.717) is 24.3 Å². The Morgan fingerprint density at radius 3 is 2.38 bits per heavy atom. The van der Waals surface area contributed by atoms with Gasteiger partial charge in [-0.25, -0.2) is 16.8 Å². The molecule has 118 valence electrons. The number of anilines is 1. The third-order valence-electron chi connectivity index (χ3n) is 3.90. The predicted octanol–water partition coefficient (Wildman–Crippen LogP) is 2.05. The minimum absolute atomic E-state index is 0.00542. The molecule has 1 saturated carbocycles. The fourth-order valence-electron chi connectivity index (χ4n) is 2.71. The first-order valence-electron chi connectivity index (χ1n) is 6.60. The van der Waals surface area contributed by atoms with E-state index >= 15 is 0 Å². The van der Waals surface area contributed by atoms with E-state index in [-0.39, 0.29) is 17.0 Å². The molecule has 2 atom stereocenters. The Morgan fingerprint density at radius 2 is 1.76 bits per heavy atom. The lowest BCUT2D eigenvalue weighted by Crippen LogP contribution is -2.35. The second-order valence-electron chi connectivity index (χ2n) is 5.47. The van der Waals surface area contributed by atoms with Crippen molar-refractivity contribution in [1.82, 2.24) is 0 Å². The topological polar surface area (TPSA) is 94.3 Å². The molecule has 0 heterocycles. The van der Waals surface area contributed by atoms with Crippen LogP contribution in [0.25, 0.3) is 0 Å². The fraction of sp³-hybridized carbons (Fsp3) is 0.538. The lowest BCUT2D eigenvalue weighted by atomic mass is 10.00. The zero-order chi connectivity index (χ0) is 15.8. The maximum atomic E-state index is 12.7. The monoisotopic (exact) mass is 351 g/mol. The Bertz CT molecular complexity index is 743. The molecule has 21 heavy (non-hydrogen) atoms. The van der Waals surface area contributed by atoms with Gasteiger partial charge in [-0.2, -0.15) is 0 Å². The van der Waals surface area contributed by atoms with Gasteiger partial charge in [0.2, 0.25) is 0 Å². The molecule has 0 aromatic heterocycles. The predicted molar refractivity (Wildman–Crippen MR) is 83.9 cm³/mol. The highest BCUT2D eigenvalue weighted by Gasteiger charge is 2.37. The Morgan fingerprint density at radius 1 is 1.14 bits per heavy atom. The van der Waals surface area contributed by atoms with Crippen molar-refractivity contribution in [1.29, 1.82) is 0 Å². The van der Waals surface area contributed by atoms with Crippen LogP contribution in [-0.2, 0) is 19.7 Å². The van der Waals surface area contributed by atoms with E-state index in [1.807, 2.05) is 0 Å². The Labute approximate surface area is 130 Å². The molecule has 0 bridgehead atoms. The average Bonchev–Trinajstić information content (AvgIpc) is 2.40. The quantitative estimate of drug-likeness (QED) is 0.841. The first-order valence-corrected chi connectivity index (χ1v) is 10.5. The number of nitrogen functional groups attached to an aromatic ring is 1. The van der Waals surface area contributed by atoms with Gasteiger partial charge in [0.1, 0.15) is 9.84 Å². The molecule has 1 aromatic rings. The average molecular weight is 352 g/mol. The van der Waals surface area contributed by atoms with E-state index < -0.39 is 30.2 Å². The molecule has 2 rings (SSSR count). The maximum absolute atomic E-state index is 12.7. The Hall–Kier alpha value is -0.790. The summed E-state index contributed by atoms with van der Waals surface area (Å²) in [5, 5.41) is -1.04. The van der Waals surface area contributed by atoms with Crippen molar-refractivity contribution in [2.75, 3.05) is 12.0 Å². The van der Waals surface area contributed by atoms with Gasteiger partial charge < -0.3 is 5.73 Å². The van der Waals surface area contributed by atoms with Crippen molar-refractivity contribution >= 4 is 37.0 Å². The van der Waals surface area contributed by atoms with Gasteiger partial charge in [-0.3, -0.25) is 0 Å². The number of benzene rings is 1. The van der Waals surface area contributed by atoms with Gasteiger partial charge in [-0.1, -0.05) is 18.0 Å². The number of halogens is 1. The number of nitrogens with two attached hydrogens (primary N) is 1. The Balaban J connectivity index is 2.38. The van der Waals surface area contributed by atoms with Crippen LogP contribution in [0.2, 0.25) is 5.02 Å². The lowest BCUT2D eigenvalue weighted by molar-refractivity contribution is 0.473. The molecular formula is C13H18ClNO4S2. The van der Waals surface area contributed by atoms with Crippen molar-refractivity contribution in [2.45, 2.75) is 41.1 Å². The molecule has 2 N–H and O–H groups in total. The zero-order valence-corrected chi connectivity index (χ0v) is 14.0. The summed E-state index contributed by atoms with van der Waals surface area (Å²) in [5.41, 5.74) is 5.89. The molecule has 0 radical (unpaired) electrons. The van der Waals surface area contributed by atoms with Gasteiger partial charge >= 0.3 is 0 Å². The molecule has 0 saturated heterocycles. The van der Waals surface area contributed by atoms with Crippen molar-refractivity contribution in [2.24, 2.45) is 0 Å². The van der Waals surface area contributed by atoms with E-state index in [9.17, 15) is 16.8 Å². The van der Waals surface area contributed by atoms with Crippen molar-refractivity contribution in [3.05, 3.63) is 23.2 Å². The van der Waals surface area contributed by atoms with Gasteiger partial charge in [0.25, 0.3) is 0 Å². The molecule has 0 amide bonds. The SMILES string of the molecule is CS(=O)(=O)C1CCCC(S(=O)(=O)c2cc(Cl)ccc2N)C1. The largest absolute Gasteiger partial charge is 0.398 e. The van der Waals surface area contributed by atoms with Crippen LogP contribution in [0.5, 0.6) is 0 Å². The normalized spacial score (nSPS) is 23.9. The van der Waals surface area contributed by atoms with E-state index in [1.54, 1.807) is 0 Å². The van der Waals surface area contributed by atoms with Gasteiger partial charge in [0.15, 0.2) is 9.84 Å². The van der Waals surface area contributed by atoms with Gasteiger partial charge in [-0.05, 0) is 37.5 Å². The summed E-state index contributed by atoms with van der Waals surface area (Å²) >= 11 is 5.85. The third-order valence-corrected chi connectivity index (χ3v) is 8.05. The van der Waals surface area contributed by atoms with Crippen LogP contribution >= 0.6 is 11.6 Å². The molecule has 1 fully saturated rings. The molecule has 1 aromatic carbocycles. The van der Waals surface area contributed by atoms with Gasteiger partial charge in [0.05, 0.1) is 21.1 Å². The van der Waals surface area contributed by atoms with Crippen molar-refractivity contribution < 1.29 is 16.8 Å². The van der Waals surface area contributed by atoms with Crippen molar-refractivity contribution in [3.63, 3.8) is 0 Å². The molecule has 5 nitrogen and oxygen atoms in total. The summed E-state index contributed by atoms with van der Waals surface area (Å²) in [6.07, 6.45) is 2.80. The summed E-state index contributed by atoms with van der Waals surface area (Å²) in [7, 11) is -6.92. The maximum Gasteiger partial charge on any atom is 0.183 e. The standard InChI is InChI=1S/C13H18ClNO4S2/c1-20(16,17)10-3-2-4-11(8-10)21(18,19)13-7-9(14)5-6-12(13)15/h5-7,10-11H,2-4,8,15H2,1H3. The van der Waals surface area contributed by atoms with E-state index in [0.717, 1.165) is 6.26 Å². The van der Waals surface area contributed by atoms with Crippen LogP contribution < -0.4 is 5.73 Å². The van der Waals surface area contributed by atoms with Crippen LogP contribution in [0, 0.1) is 0 Å². The van der Waals surface area contributed by atoms with Gasteiger partial charge in [0, 0.05) is 11.3 Å². The Kier molecular flexibility index (Phi) is 4.56. The molecular weight excluding hydrogens is 334 g/mol. The summed E-state index contributed by atoms with van der Waals surface area (Å²) in [6, 6.07) is 4.30. The fourth-order valence-corrected chi connectivity index (χ4v) is 6.25. The number of rotatable bonds is 3. The van der Waals surface area contributed by atoms with Gasteiger partial charge in [-0.15, -0.1) is 0 Å². The summed E-state index contributed by atoms with van der Waals surface area (Å²) in [6.45, 7) is 0. The van der Waals surface area contributed by atoms with E-state index in [1.165, 1.54) is 18.2 Å². The number of hydrogen-bond donors (Lipinski definition) is 1. The highest BCUT2D eigenvalue weighted by atomic mass is 35.5. The van der Waals surface area contributed by atoms with E-state index in [2.05, 4.69) is 0 Å².